The molecule has 1 aliphatic rings. The minimum absolute atomic E-state index is 0.554. The van der Waals surface area contributed by atoms with E-state index < -0.39 is 0 Å². The molecule has 0 aliphatic heterocycles. The van der Waals surface area contributed by atoms with Crippen molar-refractivity contribution in [3.8, 4) is 0 Å². The molecule has 1 saturated carbocycles. The molecule has 18 heavy (non-hydrogen) atoms. The Balaban J connectivity index is 2.26. The molecule has 2 N–H and O–H groups in total. The molecular formula is C14H24BrN3. The fraction of sp³-hybridized carbons (Fsp3) is 0.786. The number of rotatable bonds is 3. The van der Waals surface area contributed by atoms with E-state index >= 15 is 0 Å². The number of hydrogen-bond acceptors (Lipinski definition) is 2. The summed E-state index contributed by atoms with van der Waals surface area (Å²) in [4.78, 5) is 0. The Morgan fingerprint density at radius 1 is 1.50 bits per heavy atom. The summed E-state index contributed by atoms with van der Waals surface area (Å²) in [6, 6.07) is 0. The zero-order chi connectivity index (χ0) is 13.3. The van der Waals surface area contributed by atoms with Crippen molar-refractivity contribution < 1.29 is 0 Å². The molecule has 0 radical (unpaired) electrons. The van der Waals surface area contributed by atoms with Crippen LogP contribution in [0.3, 0.4) is 0 Å². The topological polar surface area (TPSA) is 43.8 Å². The van der Waals surface area contributed by atoms with E-state index in [-0.39, 0.29) is 0 Å². The first-order valence-electron chi connectivity index (χ1n) is 6.92. The zero-order valence-electron chi connectivity index (χ0n) is 11.6. The van der Waals surface area contributed by atoms with E-state index in [4.69, 9.17) is 5.73 Å². The van der Waals surface area contributed by atoms with Gasteiger partial charge in [0.2, 0.25) is 0 Å². The van der Waals surface area contributed by atoms with Gasteiger partial charge in [-0.15, -0.1) is 0 Å². The summed E-state index contributed by atoms with van der Waals surface area (Å²) >= 11 is 3.64. The Morgan fingerprint density at radius 2 is 2.22 bits per heavy atom. The van der Waals surface area contributed by atoms with E-state index in [1.54, 1.807) is 0 Å². The summed E-state index contributed by atoms with van der Waals surface area (Å²) in [5, 5.41) is 4.36. The van der Waals surface area contributed by atoms with E-state index in [0.717, 1.165) is 22.9 Å². The zero-order valence-corrected chi connectivity index (χ0v) is 13.2. The van der Waals surface area contributed by atoms with Crippen LogP contribution in [0.4, 0.5) is 0 Å². The SMILES string of the molecule is CC(C)C1CCC(CN)C(c2c(Br)cnn2C)C1. The van der Waals surface area contributed by atoms with Crippen molar-refractivity contribution in [2.24, 2.45) is 30.5 Å². The molecule has 1 aromatic rings. The van der Waals surface area contributed by atoms with E-state index in [1.807, 2.05) is 17.9 Å². The number of aryl methyl sites for hydroxylation is 1. The second-order valence-electron chi connectivity index (χ2n) is 5.92. The molecule has 3 atom stereocenters. The second-order valence-corrected chi connectivity index (χ2v) is 6.78. The molecule has 2 rings (SSSR count). The normalized spacial score (nSPS) is 28.9. The van der Waals surface area contributed by atoms with Crippen LogP contribution in [0.25, 0.3) is 0 Å². The lowest BCUT2D eigenvalue weighted by Crippen LogP contribution is -2.32. The van der Waals surface area contributed by atoms with Crippen molar-refractivity contribution in [3.05, 3.63) is 16.4 Å². The highest BCUT2D eigenvalue weighted by Crippen LogP contribution is 2.44. The van der Waals surface area contributed by atoms with Crippen LogP contribution in [0.1, 0.15) is 44.7 Å². The molecule has 0 bridgehead atoms. The Hall–Kier alpha value is -0.350. The average molecular weight is 314 g/mol. The van der Waals surface area contributed by atoms with Gasteiger partial charge in [-0.2, -0.15) is 5.10 Å². The molecule has 0 aromatic carbocycles. The lowest BCUT2D eigenvalue weighted by Gasteiger charge is -2.37. The van der Waals surface area contributed by atoms with Crippen molar-refractivity contribution in [2.75, 3.05) is 6.54 Å². The molecule has 0 saturated heterocycles. The van der Waals surface area contributed by atoms with Crippen LogP contribution in [0.2, 0.25) is 0 Å². The molecule has 1 fully saturated rings. The van der Waals surface area contributed by atoms with Crippen molar-refractivity contribution in [2.45, 2.75) is 39.0 Å². The molecule has 102 valence electrons. The lowest BCUT2D eigenvalue weighted by molar-refractivity contribution is 0.192. The van der Waals surface area contributed by atoms with Gasteiger partial charge in [-0.1, -0.05) is 13.8 Å². The molecule has 1 aromatic heterocycles. The van der Waals surface area contributed by atoms with Gasteiger partial charge in [0.05, 0.1) is 16.4 Å². The van der Waals surface area contributed by atoms with Gasteiger partial charge in [0.15, 0.2) is 0 Å². The number of aromatic nitrogens is 2. The first kappa shape index (κ1) is 14.1. The van der Waals surface area contributed by atoms with Crippen molar-refractivity contribution in [1.82, 2.24) is 9.78 Å². The molecule has 3 nitrogen and oxygen atoms in total. The molecule has 0 spiro atoms. The summed E-state index contributed by atoms with van der Waals surface area (Å²) < 4.78 is 3.15. The highest BCUT2D eigenvalue weighted by molar-refractivity contribution is 9.10. The maximum Gasteiger partial charge on any atom is 0.0635 e. The monoisotopic (exact) mass is 313 g/mol. The molecule has 3 unspecified atom stereocenters. The predicted molar refractivity (Wildman–Crippen MR) is 78.4 cm³/mol. The smallest absolute Gasteiger partial charge is 0.0635 e. The minimum atomic E-state index is 0.554. The molecule has 4 heteroatoms. The largest absolute Gasteiger partial charge is 0.330 e. The first-order valence-corrected chi connectivity index (χ1v) is 7.71. The van der Waals surface area contributed by atoms with Crippen molar-refractivity contribution >= 4 is 15.9 Å². The quantitative estimate of drug-likeness (QED) is 0.930. The average Bonchev–Trinajstić information content (AvgIpc) is 2.68. The van der Waals surface area contributed by atoms with Gasteiger partial charge >= 0.3 is 0 Å². The fourth-order valence-corrected chi connectivity index (χ4v) is 3.97. The van der Waals surface area contributed by atoms with Crippen LogP contribution < -0.4 is 5.73 Å². The van der Waals surface area contributed by atoms with Gasteiger partial charge in [0, 0.05) is 13.0 Å². The number of hydrogen-bond donors (Lipinski definition) is 1. The van der Waals surface area contributed by atoms with E-state index in [9.17, 15) is 0 Å². The van der Waals surface area contributed by atoms with Gasteiger partial charge < -0.3 is 5.73 Å². The highest BCUT2D eigenvalue weighted by Gasteiger charge is 2.34. The van der Waals surface area contributed by atoms with Gasteiger partial charge in [-0.3, -0.25) is 4.68 Å². The fourth-order valence-electron chi connectivity index (χ4n) is 3.33. The van der Waals surface area contributed by atoms with Gasteiger partial charge in [0.25, 0.3) is 0 Å². The summed E-state index contributed by atoms with van der Waals surface area (Å²) in [6.45, 7) is 5.46. The van der Waals surface area contributed by atoms with Crippen molar-refractivity contribution in [3.63, 3.8) is 0 Å². The Morgan fingerprint density at radius 3 is 2.72 bits per heavy atom. The Bertz CT molecular complexity index is 380. The number of halogens is 1. The summed E-state index contributed by atoms with van der Waals surface area (Å²) in [5.74, 6) is 2.74. The third-order valence-corrected chi connectivity index (χ3v) is 5.18. The number of nitrogens with zero attached hydrogens (tertiary/aromatic N) is 2. The van der Waals surface area contributed by atoms with Crippen LogP contribution in [-0.4, -0.2) is 16.3 Å². The second kappa shape index (κ2) is 5.74. The van der Waals surface area contributed by atoms with Gasteiger partial charge in [0.1, 0.15) is 0 Å². The minimum Gasteiger partial charge on any atom is -0.330 e. The number of nitrogens with two attached hydrogens (primary N) is 1. The standard InChI is InChI=1S/C14H24BrN3/c1-9(2)10-4-5-11(7-16)12(6-10)14-13(15)8-17-18(14)3/h8-12H,4-7,16H2,1-3H3. The molecular weight excluding hydrogens is 290 g/mol. The Labute approximate surface area is 118 Å². The predicted octanol–water partition coefficient (Wildman–Crippen LogP) is 3.30. The molecule has 1 aliphatic carbocycles. The highest BCUT2D eigenvalue weighted by atomic mass is 79.9. The van der Waals surface area contributed by atoms with Crippen molar-refractivity contribution in [1.29, 1.82) is 0 Å². The van der Waals surface area contributed by atoms with Crippen LogP contribution >= 0.6 is 15.9 Å². The van der Waals surface area contributed by atoms with Crippen LogP contribution in [0.15, 0.2) is 10.7 Å². The van der Waals surface area contributed by atoms with E-state index in [1.165, 1.54) is 25.0 Å². The van der Waals surface area contributed by atoms with Crippen LogP contribution in [0.5, 0.6) is 0 Å². The van der Waals surface area contributed by atoms with E-state index in [0.29, 0.717) is 11.8 Å². The third kappa shape index (κ3) is 2.64. The van der Waals surface area contributed by atoms with Gasteiger partial charge in [-0.25, -0.2) is 0 Å². The van der Waals surface area contributed by atoms with Gasteiger partial charge in [-0.05, 0) is 59.5 Å². The third-order valence-electron chi connectivity index (χ3n) is 4.57. The molecule has 1 heterocycles. The summed E-state index contributed by atoms with van der Waals surface area (Å²) in [7, 11) is 2.03. The molecule has 0 amide bonds. The first-order chi connectivity index (χ1) is 8.54. The maximum atomic E-state index is 5.98. The Kier molecular flexibility index (Phi) is 4.49. The van der Waals surface area contributed by atoms with Crippen LogP contribution in [-0.2, 0) is 7.05 Å². The van der Waals surface area contributed by atoms with Crippen LogP contribution in [0, 0.1) is 17.8 Å². The maximum absolute atomic E-state index is 5.98. The summed E-state index contributed by atoms with van der Waals surface area (Å²) in [5.41, 5.74) is 7.31. The summed E-state index contributed by atoms with van der Waals surface area (Å²) in [6.07, 6.45) is 5.73. The lowest BCUT2D eigenvalue weighted by atomic mass is 9.69. The van der Waals surface area contributed by atoms with E-state index in [2.05, 4.69) is 34.9 Å².